The molecule has 0 atom stereocenters. The Kier molecular flexibility index (Phi) is 5.57. The number of benzene rings is 1. The highest BCUT2D eigenvalue weighted by Gasteiger charge is 2.12. The van der Waals surface area contributed by atoms with E-state index in [-0.39, 0.29) is 11.8 Å². The Morgan fingerprint density at radius 2 is 1.81 bits per heavy atom. The molecule has 0 unspecified atom stereocenters. The molecule has 1 aromatic rings. The molecule has 16 heavy (non-hydrogen) atoms. The average Bonchev–Trinajstić information content (AvgIpc) is 2.17. The summed E-state index contributed by atoms with van der Waals surface area (Å²) in [4.78, 5) is 9.37. The summed E-state index contributed by atoms with van der Waals surface area (Å²) in [5, 5.41) is 16.9. The van der Waals surface area contributed by atoms with Crippen molar-refractivity contribution in [2.45, 2.75) is 39.5 Å². The van der Waals surface area contributed by atoms with Crippen molar-refractivity contribution in [1.29, 1.82) is 0 Å². The number of carboxylic acid groups (broad SMARTS) is 1. The van der Waals surface area contributed by atoms with Crippen LogP contribution in [0.15, 0.2) is 24.3 Å². The molecule has 0 fully saturated rings. The minimum Gasteiger partial charge on any atom is -0.508 e. The van der Waals surface area contributed by atoms with E-state index in [9.17, 15) is 9.90 Å². The monoisotopic (exact) mass is 224 g/mol. The van der Waals surface area contributed by atoms with Crippen molar-refractivity contribution in [3.63, 3.8) is 0 Å². The van der Waals surface area contributed by atoms with Crippen molar-refractivity contribution in [3.8, 4) is 5.75 Å². The van der Waals surface area contributed by atoms with Gasteiger partial charge in [-0.25, -0.2) is 0 Å². The van der Waals surface area contributed by atoms with Crippen LogP contribution < -0.4 is 0 Å². The van der Waals surface area contributed by atoms with Gasteiger partial charge in [0.25, 0.3) is 0 Å². The first-order valence-electron chi connectivity index (χ1n) is 5.28. The number of carbonyl (C=O) groups is 1. The lowest BCUT2D eigenvalue weighted by molar-refractivity contribution is -0.136. The first-order chi connectivity index (χ1) is 7.27. The molecular formula is C13H20O3. The maximum Gasteiger partial charge on any atom is 0.303 e. The summed E-state index contributed by atoms with van der Waals surface area (Å²) in [6.45, 7) is 7.98. The van der Waals surface area contributed by atoms with Gasteiger partial charge < -0.3 is 10.2 Å². The van der Waals surface area contributed by atoms with Gasteiger partial charge in [-0.2, -0.15) is 0 Å². The molecule has 2 N–H and O–H groups in total. The summed E-state index contributed by atoms with van der Waals surface area (Å²) in [6.07, 6.45) is 0.222. The van der Waals surface area contributed by atoms with Gasteiger partial charge in [0.15, 0.2) is 0 Å². The van der Waals surface area contributed by atoms with Crippen molar-refractivity contribution in [2.75, 3.05) is 0 Å². The van der Waals surface area contributed by atoms with Gasteiger partial charge in [-0.05, 0) is 23.1 Å². The Morgan fingerprint density at radius 3 is 2.06 bits per heavy atom. The SMILES string of the molecule is CC(C)(C)c1cccc(O)c1.CCC(=O)O. The van der Waals surface area contributed by atoms with Crippen LogP contribution in [0.4, 0.5) is 0 Å². The zero-order chi connectivity index (χ0) is 12.8. The van der Waals surface area contributed by atoms with Crippen LogP contribution >= 0.6 is 0 Å². The fraction of sp³-hybridized carbons (Fsp3) is 0.462. The van der Waals surface area contributed by atoms with E-state index in [1.807, 2.05) is 12.1 Å². The van der Waals surface area contributed by atoms with Gasteiger partial charge >= 0.3 is 5.97 Å². The van der Waals surface area contributed by atoms with Crippen molar-refractivity contribution in [1.82, 2.24) is 0 Å². The van der Waals surface area contributed by atoms with Crippen molar-refractivity contribution in [2.24, 2.45) is 0 Å². The molecule has 0 aliphatic carbocycles. The Hall–Kier alpha value is -1.51. The molecule has 0 amide bonds. The predicted octanol–water partition coefficient (Wildman–Crippen LogP) is 3.17. The minimum absolute atomic E-state index is 0.124. The summed E-state index contributed by atoms with van der Waals surface area (Å²) in [5.74, 6) is -0.401. The predicted molar refractivity (Wildman–Crippen MR) is 64.7 cm³/mol. The molecular weight excluding hydrogens is 204 g/mol. The van der Waals surface area contributed by atoms with Gasteiger partial charge in [0.2, 0.25) is 0 Å². The first-order valence-corrected chi connectivity index (χ1v) is 5.28. The van der Waals surface area contributed by atoms with E-state index in [1.54, 1.807) is 19.1 Å². The fourth-order valence-corrected chi connectivity index (χ4v) is 0.972. The molecule has 0 saturated heterocycles. The third kappa shape index (κ3) is 6.06. The van der Waals surface area contributed by atoms with E-state index in [0.717, 1.165) is 5.56 Å². The number of rotatable bonds is 1. The topological polar surface area (TPSA) is 57.5 Å². The second-order valence-corrected chi connectivity index (χ2v) is 4.55. The van der Waals surface area contributed by atoms with Gasteiger partial charge in [0.05, 0.1) is 0 Å². The third-order valence-corrected chi connectivity index (χ3v) is 2.01. The van der Waals surface area contributed by atoms with Gasteiger partial charge in [-0.1, -0.05) is 39.8 Å². The maximum absolute atomic E-state index is 9.37. The zero-order valence-corrected chi connectivity index (χ0v) is 10.3. The van der Waals surface area contributed by atoms with Crippen LogP contribution in [-0.4, -0.2) is 16.2 Å². The van der Waals surface area contributed by atoms with Crippen LogP contribution in [0.25, 0.3) is 0 Å². The van der Waals surface area contributed by atoms with E-state index >= 15 is 0 Å². The minimum atomic E-state index is -0.745. The molecule has 0 heterocycles. The summed E-state index contributed by atoms with van der Waals surface area (Å²) in [6, 6.07) is 7.39. The van der Waals surface area contributed by atoms with Gasteiger partial charge in [0, 0.05) is 6.42 Å². The van der Waals surface area contributed by atoms with Crippen molar-refractivity contribution < 1.29 is 15.0 Å². The molecule has 0 aromatic heterocycles. The molecule has 0 radical (unpaired) electrons. The number of phenols is 1. The van der Waals surface area contributed by atoms with Crippen LogP contribution in [0, 0.1) is 0 Å². The van der Waals surface area contributed by atoms with E-state index in [4.69, 9.17) is 5.11 Å². The molecule has 1 rings (SSSR count). The standard InChI is InChI=1S/C10H14O.C3H6O2/c1-10(2,3)8-5-4-6-9(11)7-8;1-2-3(4)5/h4-7,11H,1-3H3;2H2,1H3,(H,4,5). The molecule has 90 valence electrons. The number of hydrogen-bond donors (Lipinski definition) is 2. The molecule has 3 heteroatoms. The molecule has 3 nitrogen and oxygen atoms in total. The van der Waals surface area contributed by atoms with E-state index in [2.05, 4.69) is 20.8 Å². The average molecular weight is 224 g/mol. The second kappa shape index (κ2) is 6.16. The van der Waals surface area contributed by atoms with E-state index in [1.165, 1.54) is 0 Å². The molecule has 0 spiro atoms. The number of aliphatic carboxylic acids is 1. The summed E-state index contributed by atoms with van der Waals surface area (Å²) in [5.41, 5.74) is 1.29. The van der Waals surface area contributed by atoms with Crippen LogP contribution in [0.1, 0.15) is 39.7 Å². The Bertz CT molecular complexity index is 337. The van der Waals surface area contributed by atoms with Crippen LogP contribution in [0.2, 0.25) is 0 Å². The first kappa shape index (κ1) is 14.5. The molecule has 1 aromatic carbocycles. The largest absolute Gasteiger partial charge is 0.508 e. The lowest BCUT2D eigenvalue weighted by Gasteiger charge is -2.18. The molecule has 0 aliphatic heterocycles. The van der Waals surface area contributed by atoms with Crippen LogP contribution in [0.3, 0.4) is 0 Å². The Morgan fingerprint density at radius 1 is 1.31 bits per heavy atom. The molecule has 0 bridgehead atoms. The quantitative estimate of drug-likeness (QED) is 0.770. The smallest absolute Gasteiger partial charge is 0.303 e. The zero-order valence-electron chi connectivity index (χ0n) is 10.3. The van der Waals surface area contributed by atoms with E-state index < -0.39 is 5.97 Å². The molecule has 0 aliphatic rings. The summed E-state index contributed by atoms with van der Waals surface area (Å²) >= 11 is 0. The summed E-state index contributed by atoms with van der Waals surface area (Å²) in [7, 11) is 0. The van der Waals surface area contributed by atoms with Crippen LogP contribution in [0.5, 0.6) is 5.75 Å². The Balaban J connectivity index is 0.000000385. The number of aromatic hydroxyl groups is 1. The lowest BCUT2D eigenvalue weighted by atomic mass is 9.87. The highest BCUT2D eigenvalue weighted by Crippen LogP contribution is 2.24. The Labute approximate surface area is 96.7 Å². The normalized spacial score (nSPS) is 10.2. The molecule has 0 saturated carbocycles. The van der Waals surface area contributed by atoms with Gasteiger partial charge in [-0.3, -0.25) is 4.79 Å². The number of hydrogen-bond acceptors (Lipinski definition) is 2. The maximum atomic E-state index is 9.37. The van der Waals surface area contributed by atoms with Gasteiger partial charge in [-0.15, -0.1) is 0 Å². The second-order valence-electron chi connectivity index (χ2n) is 4.55. The number of phenolic OH excluding ortho intramolecular Hbond substituents is 1. The third-order valence-electron chi connectivity index (χ3n) is 2.01. The highest BCUT2D eigenvalue weighted by molar-refractivity contribution is 5.66. The van der Waals surface area contributed by atoms with Crippen LogP contribution in [-0.2, 0) is 10.2 Å². The van der Waals surface area contributed by atoms with Crippen molar-refractivity contribution in [3.05, 3.63) is 29.8 Å². The lowest BCUT2D eigenvalue weighted by Crippen LogP contribution is -2.10. The fourth-order valence-electron chi connectivity index (χ4n) is 0.972. The highest BCUT2D eigenvalue weighted by atomic mass is 16.4. The van der Waals surface area contributed by atoms with E-state index in [0.29, 0.717) is 5.75 Å². The summed E-state index contributed by atoms with van der Waals surface area (Å²) < 4.78 is 0. The van der Waals surface area contributed by atoms with Crippen molar-refractivity contribution >= 4 is 5.97 Å². The van der Waals surface area contributed by atoms with Gasteiger partial charge in [0.1, 0.15) is 5.75 Å². The number of carboxylic acids is 1.